The number of fused-ring (bicyclic) bond motifs is 1. The number of hydrogen-bond donors (Lipinski definition) is 3. The van der Waals surface area contributed by atoms with E-state index in [0.29, 0.717) is 55.9 Å². The quantitative estimate of drug-likeness (QED) is 0.334. The molecule has 1 atom stereocenters. The summed E-state index contributed by atoms with van der Waals surface area (Å²) in [5, 5.41) is 6.14. The van der Waals surface area contributed by atoms with Crippen LogP contribution in [-0.4, -0.2) is 61.2 Å². The molecule has 0 radical (unpaired) electrons. The van der Waals surface area contributed by atoms with Crippen LogP contribution in [0.4, 0.5) is 31.2 Å². The summed E-state index contributed by atoms with van der Waals surface area (Å²) < 4.78 is 35.8. The molecule has 3 heterocycles. The minimum Gasteiger partial charge on any atom is -0.444 e. The average Bonchev–Trinajstić information content (AvgIpc) is 3.27. The number of imidazole rings is 1. The Morgan fingerprint density at radius 3 is 2.52 bits per heavy atom. The van der Waals surface area contributed by atoms with Crippen LogP contribution in [-0.2, 0) is 9.53 Å². The Labute approximate surface area is 247 Å². The predicted octanol–water partition coefficient (Wildman–Crippen LogP) is 5.53. The maximum atomic E-state index is 14.7. The van der Waals surface area contributed by atoms with Gasteiger partial charge in [0.25, 0.3) is 0 Å². The van der Waals surface area contributed by atoms with Crippen molar-refractivity contribution < 1.29 is 23.1 Å². The molecule has 0 spiro atoms. The molecule has 3 aromatic rings. The molecule has 1 aromatic carbocycles. The molecule has 2 amide bonds. The van der Waals surface area contributed by atoms with Crippen molar-refractivity contribution in [2.75, 3.05) is 23.7 Å². The van der Waals surface area contributed by atoms with E-state index in [2.05, 4.69) is 20.6 Å². The number of nitrogens with one attached hydrogen (secondary N) is 2. The lowest BCUT2D eigenvalue weighted by atomic mass is 9.85. The molecule has 11 nitrogen and oxygen atoms in total. The van der Waals surface area contributed by atoms with Gasteiger partial charge in [0.1, 0.15) is 16.9 Å². The molecule has 1 saturated carbocycles. The van der Waals surface area contributed by atoms with Gasteiger partial charge in [-0.1, -0.05) is 11.6 Å². The van der Waals surface area contributed by atoms with Gasteiger partial charge in [-0.15, -0.1) is 0 Å². The van der Waals surface area contributed by atoms with Crippen molar-refractivity contribution >= 4 is 52.3 Å². The molecular weight excluding hydrogens is 570 g/mol. The fraction of sp³-hybridized carbons (Fsp3) is 0.536. The van der Waals surface area contributed by atoms with E-state index in [-0.39, 0.29) is 46.7 Å². The van der Waals surface area contributed by atoms with Crippen LogP contribution < -0.4 is 16.4 Å². The van der Waals surface area contributed by atoms with Gasteiger partial charge in [-0.3, -0.25) is 9.36 Å². The van der Waals surface area contributed by atoms with Gasteiger partial charge in [0, 0.05) is 37.2 Å². The number of hydrogen-bond acceptors (Lipinski definition) is 8. The number of nitrogens with zero attached hydrogens (tertiary/aromatic N) is 5. The number of rotatable bonds is 6. The van der Waals surface area contributed by atoms with Crippen LogP contribution in [0.5, 0.6) is 0 Å². The van der Waals surface area contributed by atoms with Gasteiger partial charge in [-0.05, 0) is 65.4 Å². The third-order valence-corrected chi connectivity index (χ3v) is 7.85. The minimum absolute atomic E-state index is 0.101. The van der Waals surface area contributed by atoms with Gasteiger partial charge < -0.3 is 26.0 Å². The SMILES string of the molecule is CC(C)(C)OC(=O)N1CCC[C@@H](Nc2ncc3nc(Nc4c(F)cc(F)cc4Cl)n(C4CCC(C(N)=O)CC4)c3n2)C1. The lowest BCUT2D eigenvalue weighted by molar-refractivity contribution is -0.122. The highest BCUT2D eigenvalue weighted by molar-refractivity contribution is 6.33. The van der Waals surface area contributed by atoms with Crippen LogP contribution >= 0.6 is 11.6 Å². The fourth-order valence-corrected chi connectivity index (χ4v) is 5.80. The zero-order valence-electron chi connectivity index (χ0n) is 23.8. The van der Waals surface area contributed by atoms with E-state index in [4.69, 9.17) is 27.1 Å². The summed E-state index contributed by atoms with van der Waals surface area (Å²) in [5.41, 5.74) is 5.80. The van der Waals surface area contributed by atoms with Gasteiger partial charge in [0.2, 0.25) is 17.8 Å². The van der Waals surface area contributed by atoms with Crippen molar-refractivity contribution in [1.82, 2.24) is 24.4 Å². The molecular formula is C28H35ClF2N8O3. The number of carbonyl (C=O) groups is 2. The normalized spacial score (nSPS) is 21.3. The molecule has 2 aliphatic rings. The molecule has 1 aliphatic heterocycles. The van der Waals surface area contributed by atoms with Crippen molar-refractivity contribution in [3.63, 3.8) is 0 Å². The first kappa shape index (κ1) is 29.7. The number of ether oxygens (including phenoxy) is 1. The van der Waals surface area contributed by atoms with Gasteiger partial charge in [0.15, 0.2) is 11.5 Å². The third kappa shape index (κ3) is 6.66. The number of likely N-dealkylation sites (tertiary alicyclic amines) is 1. The van der Waals surface area contributed by atoms with Crippen LogP contribution in [0.15, 0.2) is 18.3 Å². The molecule has 2 aromatic heterocycles. The maximum absolute atomic E-state index is 14.7. The molecule has 1 saturated heterocycles. The minimum atomic E-state index is -0.865. The van der Waals surface area contributed by atoms with Crippen LogP contribution in [0.25, 0.3) is 11.2 Å². The fourth-order valence-electron chi connectivity index (χ4n) is 5.56. The van der Waals surface area contributed by atoms with Crippen molar-refractivity contribution in [3.8, 4) is 0 Å². The second kappa shape index (κ2) is 11.9. The number of nitrogens with two attached hydrogens (primary N) is 1. The number of halogens is 3. The molecule has 1 aliphatic carbocycles. The summed E-state index contributed by atoms with van der Waals surface area (Å²) in [4.78, 5) is 39.9. The van der Waals surface area contributed by atoms with Gasteiger partial charge in [-0.25, -0.2) is 23.5 Å². The summed E-state index contributed by atoms with van der Waals surface area (Å²) in [6, 6.07) is 1.53. The topological polar surface area (TPSA) is 140 Å². The first-order valence-electron chi connectivity index (χ1n) is 14.1. The van der Waals surface area contributed by atoms with Crippen molar-refractivity contribution in [2.24, 2.45) is 11.7 Å². The monoisotopic (exact) mass is 604 g/mol. The van der Waals surface area contributed by atoms with E-state index in [1.54, 1.807) is 11.1 Å². The summed E-state index contributed by atoms with van der Waals surface area (Å²) in [6.45, 7) is 6.53. The maximum Gasteiger partial charge on any atom is 0.410 e. The Kier molecular flexibility index (Phi) is 8.40. The Bertz CT molecular complexity index is 1460. The highest BCUT2D eigenvalue weighted by Crippen LogP contribution is 2.38. The van der Waals surface area contributed by atoms with Crippen LogP contribution in [0, 0.1) is 17.6 Å². The number of carbonyl (C=O) groups excluding carboxylic acids is 2. The zero-order chi connectivity index (χ0) is 30.2. The molecule has 42 heavy (non-hydrogen) atoms. The van der Waals surface area contributed by atoms with Crippen LogP contribution in [0.1, 0.15) is 65.3 Å². The first-order chi connectivity index (χ1) is 19.9. The first-order valence-corrected chi connectivity index (χ1v) is 14.5. The largest absolute Gasteiger partial charge is 0.444 e. The number of primary amides is 1. The molecule has 4 N–H and O–H groups in total. The Balaban J connectivity index is 1.44. The number of amides is 2. The number of anilines is 3. The number of benzene rings is 1. The second-order valence-corrected chi connectivity index (χ2v) is 12.3. The lowest BCUT2D eigenvalue weighted by Gasteiger charge is -2.34. The van der Waals surface area contributed by atoms with Crippen molar-refractivity contribution in [1.29, 1.82) is 0 Å². The standard InChI is InChI=1S/C28H35ClF2N8O3/c1-28(2,3)42-27(41)38-10-4-5-17(14-38)34-25-33-13-21-24(37-25)39(18-8-6-15(7-9-18)23(32)40)26(35-21)36-22-19(29)11-16(30)12-20(22)31/h11-13,15,17-18H,4-10,14H2,1-3H3,(H2,32,40)(H,35,36)(H,33,34,37)/t15?,17-,18?/m1/s1. The predicted molar refractivity (Wildman–Crippen MR) is 155 cm³/mol. The zero-order valence-corrected chi connectivity index (χ0v) is 24.5. The second-order valence-electron chi connectivity index (χ2n) is 11.9. The van der Waals surface area contributed by atoms with Gasteiger partial charge in [-0.2, -0.15) is 4.98 Å². The van der Waals surface area contributed by atoms with Crippen molar-refractivity contribution in [3.05, 3.63) is 35.0 Å². The van der Waals surface area contributed by atoms with E-state index in [9.17, 15) is 18.4 Å². The van der Waals surface area contributed by atoms with Crippen molar-refractivity contribution in [2.45, 2.75) is 77.0 Å². The van der Waals surface area contributed by atoms with E-state index in [0.717, 1.165) is 25.0 Å². The van der Waals surface area contributed by atoms with E-state index in [1.807, 2.05) is 25.3 Å². The summed E-state index contributed by atoms with van der Waals surface area (Å²) in [7, 11) is 0. The molecule has 0 unspecified atom stereocenters. The molecule has 226 valence electrons. The van der Waals surface area contributed by atoms with Gasteiger partial charge >= 0.3 is 6.09 Å². The molecule has 14 heteroatoms. The number of piperidine rings is 1. The van der Waals surface area contributed by atoms with Gasteiger partial charge in [0.05, 0.1) is 16.9 Å². The van der Waals surface area contributed by atoms with Crippen LogP contribution in [0.3, 0.4) is 0 Å². The summed E-state index contributed by atoms with van der Waals surface area (Å²) in [6.07, 6.45) is 5.22. The lowest BCUT2D eigenvalue weighted by Crippen LogP contribution is -2.47. The summed E-state index contributed by atoms with van der Waals surface area (Å²) in [5.74, 6) is -1.60. The Morgan fingerprint density at radius 2 is 1.86 bits per heavy atom. The van der Waals surface area contributed by atoms with E-state index < -0.39 is 17.2 Å². The molecule has 5 rings (SSSR count). The number of aromatic nitrogens is 4. The Morgan fingerprint density at radius 1 is 1.12 bits per heavy atom. The van der Waals surface area contributed by atoms with E-state index >= 15 is 0 Å². The highest BCUT2D eigenvalue weighted by atomic mass is 35.5. The average molecular weight is 605 g/mol. The Hall–Kier alpha value is -3.74. The highest BCUT2D eigenvalue weighted by Gasteiger charge is 2.31. The third-order valence-electron chi connectivity index (χ3n) is 7.55. The molecule has 2 fully saturated rings. The summed E-state index contributed by atoms with van der Waals surface area (Å²) >= 11 is 6.17. The van der Waals surface area contributed by atoms with E-state index in [1.165, 1.54) is 0 Å². The molecule has 0 bridgehead atoms. The van der Waals surface area contributed by atoms with Crippen LogP contribution in [0.2, 0.25) is 5.02 Å². The smallest absolute Gasteiger partial charge is 0.410 e.